The Bertz CT molecular complexity index is 428. The van der Waals surface area contributed by atoms with E-state index in [0.717, 1.165) is 0 Å². The van der Waals surface area contributed by atoms with E-state index in [1.165, 1.54) is 12.3 Å². The van der Waals surface area contributed by atoms with Gasteiger partial charge in [-0.25, -0.2) is 13.1 Å². The van der Waals surface area contributed by atoms with Crippen LogP contribution in [-0.2, 0) is 16.6 Å². The van der Waals surface area contributed by atoms with Gasteiger partial charge in [0.1, 0.15) is 0 Å². The zero-order chi connectivity index (χ0) is 11.7. The van der Waals surface area contributed by atoms with Crippen molar-refractivity contribution in [3.8, 4) is 0 Å². The molecule has 0 bridgehead atoms. The monoisotopic (exact) mass is 232 g/mol. The van der Waals surface area contributed by atoms with E-state index < -0.39 is 15.6 Å². The van der Waals surface area contributed by atoms with Crippen molar-refractivity contribution >= 4 is 10.0 Å². The van der Waals surface area contributed by atoms with Crippen LogP contribution in [0, 0.1) is 0 Å². The molecule has 0 unspecified atom stereocenters. The molecular formula is C9H16N2O3S. The van der Waals surface area contributed by atoms with Crippen LogP contribution in [0.3, 0.4) is 0 Å². The minimum atomic E-state index is -3.50. The zero-order valence-corrected chi connectivity index (χ0v) is 9.85. The Hall–Kier alpha value is -0.850. The third-order valence-electron chi connectivity index (χ3n) is 1.64. The summed E-state index contributed by atoms with van der Waals surface area (Å²) >= 11 is 0. The molecule has 3 N–H and O–H groups in total. The van der Waals surface area contributed by atoms with E-state index in [0.29, 0.717) is 5.69 Å². The van der Waals surface area contributed by atoms with Gasteiger partial charge in [0.25, 0.3) is 0 Å². The number of aliphatic hydroxyl groups excluding tert-OH is 1. The number of rotatable bonds is 3. The second-order valence-corrected chi connectivity index (χ2v) is 6.06. The van der Waals surface area contributed by atoms with E-state index in [9.17, 15) is 8.42 Å². The van der Waals surface area contributed by atoms with Crippen LogP contribution >= 0.6 is 0 Å². The Balaban J connectivity index is 2.96. The van der Waals surface area contributed by atoms with Gasteiger partial charge in [-0.2, -0.15) is 0 Å². The van der Waals surface area contributed by atoms with Gasteiger partial charge in [0.05, 0.1) is 11.5 Å². The summed E-state index contributed by atoms with van der Waals surface area (Å²) in [5.41, 5.74) is -0.0422. The number of nitrogens with one attached hydrogen (secondary N) is 2. The molecule has 5 nitrogen and oxygen atoms in total. The van der Waals surface area contributed by atoms with E-state index >= 15 is 0 Å². The second-order valence-electron chi connectivity index (χ2n) is 4.37. The first-order chi connectivity index (χ1) is 6.74. The maximum atomic E-state index is 11.8. The number of H-pyrrole nitrogens is 1. The van der Waals surface area contributed by atoms with Crippen LogP contribution in [0.25, 0.3) is 0 Å². The normalized spacial score (nSPS) is 13.1. The standard InChI is InChI=1S/C9H16N2O3S/c1-9(2,3)11-15(13,14)8-4-7(6-12)10-5-8/h4-5,10-12H,6H2,1-3H3. The van der Waals surface area contributed by atoms with Crippen LogP contribution < -0.4 is 4.72 Å². The van der Waals surface area contributed by atoms with Gasteiger partial charge in [0.2, 0.25) is 10.0 Å². The second kappa shape index (κ2) is 3.96. The van der Waals surface area contributed by atoms with Crippen molar-refractivity contribution in [3.05, 3.63) is 18.0 Å². The Morgan fingerprint density at radius 2 is 2.07 bits per heavy atom. The summed E-state index contributed by atoms with van der Waals surface area (Å²) in [5, 5.41) is 8.80. The summed E-state index contributed by atoms with van der Waals surface area (Å²) in [4.78, 5) is 2.82. The van der Waals surface area contributed by atoms with Crippen molar-refractivity contribution in [2.75, 3.05) is 0 Å². The molecule has 0 spiro atoms. The van der Waals surface area contributed by atoms with Gasteiger partial charge in [-0.3, -0.25) is 0 Å². The number of aromatic nitrogens is 1. The lowest BCUT2D eigenvalue weighted by atomic mass is 10.1. The SMILES string of the molecule is CC(C)(C)NS(=O)(=O)c1c[nH]c(CO)c1. The molecule has 0 atom stereocenters. The lowest BCUT2D eigenvalue weighted by molar-refractivity contribution is 0.277. The third kappa shape index (κ3) is 3.33. The van der Waals surface area contributed by atoms with E-state index in [1.807, 2.05) is 0 Å². The molecule has 0 aliphatic heterocycles. The van der Waals surface area contributed by atoms with Crippen molar-refractivity contribution in [2.24, 2.45) is 0 Å². The van der Waals surface area contributed by atoms with Gasteiger partial charge in [-0.05, 0) is 26.8 Å². The molecule has 86 valence electrons. The van der Waals surface area contributed by atoms with E-state index in [4.69, 9.17) is 5.11 Å². The molecule has 1 rings (SSSR count). The zero-order valence-electron chi connectivity index (χ0n) is 9.03. The van der Waals surface area contributed by atoms with Crippen molar-refractivity contribution in [2.45, 2.75) is 37.8 Å². The number of aliphatic hydroxyl groups is 1. The molecule has 1 aromatic rings. The van der Waals surface area contributed by atoms with Crippen LogP contribution in [0.15, 0.2) is 17.2 Å². The average molecular weight is 232 g/mol. The maximum Gasteiger partial charge on any atom is 0.242 e. The molecule has 0 saturated carbocycles. The van der Waals surface area contributed by atoms with E-state index in [-0.39, 0.29) is 11.5 Å². The summed E-state index contributed by atoms with van der Waals surface area (Å²) in [5.74, 6) is 0. The van der Waals surface area contributed by atoms with Gasteiger partial charge in [-0.15, -0.1) is 0 Å². The highest BCUT2D eigenvalue weighted by Crippen LogP contribution is 2.13. The molecule has 0 saturated heterocycles. The smallest absolute Gasteiger partial charge is 0.242 e. The van der Waals surface area contributed by atoms with Crippen LogP contribution in [0.5, 0.6) is 0 Å². The summed E-state index contributed by atoms with van der Waals surface area (Å²) in [6.45, 7) is 5.10. The molecule has 1 heterocycles. The van der Waals surface area contributed by atoms with Gasteiger partial charge in [0, 0.05) is 17.4 Å². The Morgan fingerprint density at radius 3 is 2.47 bits per heavy atom. The summed E-state index contributed by atoms with van der Waals surface area (Å²) in [6, 6.07) is 1.41. The van der Waals surface area contributed by atoms with Crippen molar-refractivity contribution in [3.63, 3.8) is 0 Å². The summed E-state index contributed by atoms with van der Waals surface area (Å²) < 4.78 is 26.0. The Kier molecular flexibility index (Phi) is 3.22. The van der Waals surface area contributed by atoms with Gasteiger partial charge >= 0.3 is 0 Å². The number of aromatic amines is 1. The van der Waals surface area contributed by atoms with Gasteiger partial charge in [-0.1, -0.05) is 0 Å². The lowest BCUT2D eigenvalue weighted by Gasteiger charge is -2.19. The molecule has 15 heavy (non-hydrogen) atoms. The summed E-state index contributed by atoms with van der Waals surface area (Å²) in [7, 11) is -3.50. The molecule has 0 radical (unpaired) electrons. The largest absolute Gasteiger partial charge is 0.390 e. The van der Waals surface area contributed by atoms with Crippen LogP contribution in [0.2, 0.25) is 0 Å². The van der Waals surface area contributed by atoms with Crippen LogP contribution in [0.1, 0.15) is 26.5 Å². The van der Waals surface area contributed by atoms with Crippen molar-refractivity contribution in [1.82, 2.24) is 9.71 Å². The fourth-order valence-electron chi connectivity index (χ4n) is 1.13. The number of hydrogen-bond acceptors (Lipinski definition) is 3. The Labute approximate surface area is 89.6 Å². The molecule has 1 aromatic heterocycles. The molecule has 0 fully saturated rings. The minimum Gasteiger partial charge on any atom is -0.390 e. The maximum absolute atomic E-state index is 11.8. The minimum absolute atomic E-state index is 0.140. The highest BCUT2D eigenvalue weighted by atomic mass is 32.2. The molecule has 0 aromatic carbocycles. The highest BCUT2D eigenvalue weighted by molar-refractivity contribution is 7.89. The quantitative estimate of drug-likeness (QED) is 0.713. The highest BCUT2D eigenvalue weighted by Gasteiger charge is 2.22. The summed E-state index contributed by atoms with van der Waals surface area (Å²) in [6.07, 6.45) is 1.36. The van der Waals surface area contributed by atoms with Crippen LogP contribution in [-0.4, -0.2) is 24.0 Å². The predicted octanol–water partition coefficient (Wildman–Crippen LogP) is 0.584. The molecule has 6 heteroatoms. The molecule has 0 aliphatic rings. The molecular weight excluding hydrogens is 216 g/mol. The van der Waals surface area contributed by atoms with Crippen LogP contribution in [0.4, 0.5) is 0 Å². The molecule has 0 aliphatic carbocycles. The number of hydrogen-bond donors (Lipinski definition) is 3. The average Bonchev–Trinajstić information content (AvgIpc) is 2.47. The van der Waals surface area contributed by atoms with Gasteiger partial charge in [0.15, 0.2) is 0 Å². The van der Waals surface area contributed by atoms with Crippen molar-refractivity contribution < 1.29 is 13.5 Å². The first-order valence-corrected chi connectivity index (χ1v) is 6.05. The first-order valence-electron chi connectivity index (χ1n) is 4.57. The lowest BCUT2D eigenvalue weighted by Crippen LogP contribution is -2.40. The topological polar surface area (TPSA) is 82.2 Å². The first kappa shape index (κ1) is 12.2. The van der Waals surface area contributed by atoms with Crippen molar-refractivity contribution in [1.29, 1.82) is 0 Å². The van der Waals surface area contributed by atoms with Gasteiger partial charge < -0.3 is 10.1 Å². The fraction of sp³-hybridized carbons (Fsp3) is 0.556. The van der Waals surface area contributed by atoms with E-state index in [2.05, 4.69) is 9.71 Å². The Morgan fingerprint density at radius 1 is 1.47 bits per heavy atom. The predicted molar refractivity (Wildman–Crippen MR) is 56.8 cm³/mol. The third-order valence-corrected chi connectivity index (χ3v) is 3.37. The number of sulfonamides is 1. The van der Waals surface area contributed by atoms with E-state index in [1.54, 1.807) is 20.8 Å². The fourth-order valence-corrected chi connectivity index (χ4v) is 2.56. The molecule has 0 amide bonds.